The van der Waals surface area contributed by atoms with Crippen molar-refractivity contribution in [3.63, 3.8) is 0 Å². The molecule has 3 heterocycles. The van der Waals surface area contributed by atoms with Crippen LogP contribution in [0.25, 0.3) is 22.4 Å². The van der Waals surface area contributed by atoms with Crippen LogP contribution in [-0.2, 0) is 6.54 Å². The monoisotopic (exact) mass is 359 g/mol. The molecule has 1 aliphatic carbocycles. The second-order valence-electron chi connectivity index (χ2n) is 6.71. The van der Waals surface area contributed by atoms with E-state index in [1.165, 1.54) is 0 Å². The van der Waals surface area contributed by atoms with Gasteiger partial charge in [0.15, 0.2) is 0 Å². The first kappa shape index (κ1) is 15.8. The van der Waals surface area contributed by atoms with Crippen LogP contribution >= 0.6 is 0 Å². The number of carbonyl (C=O) groups is 1. The number of hydrogen-bond acceptors (Lipinski definition) is 5. The van der Waals surface area contributed by atoms with E-state index in [1.54, 1.807) is 12.3 Å². The third-order valence-corrected chi connectivity index (χ3v) is 4.76. The normalized spacial score (nSPS) is 13.8. The van der Waals surface area contributed by atoms with Gasteiger partial charge >= 0.3 is 0 Å². The average Bonchev–Trinajstić information content (AvgIpc) is 3.26. The van der Waals surface area contributed by atoms with Gasteiger partial charge in [-0.1, -0.05) is 35.5 Å². The van der Waals surface area contributed by atoms with Crippen LogP contribution in [0, 0.1) is 0 Å². The second kappa shape index (κ2) is 6.39. The molecule has 0 spiro atoms. The first-order valence-corrected chi connectivity index (χ1v) is 8.96. The number of carbonyl (C=O) groups excluding carboxylic acids is 1. The molecule has 1 aromatic carbocycles. The number of benzene rings is 1. The summed E-state index contributed by atoms with van der Waals surface area (Å²) in [6.45, 7) is 0.320. The van der Waals surface area contributed by atoms with Crippen LogP contribution < -0.4 is 5.32 Å². The van der Waals surface area contributed by atoms with Crippen molar-refractivity contribution in [2.45, 2.75) is 25.3 Å². The van der Waals surface area contributed by atoms with Crippen LogP contribution in [0.2, 0.25) is 0 Å². The fraction of sp³-hybridized carbons (Fsp3) is 0.190. The quantitative estimate of drug-likeness (QED) is 0.575. The Hall–Kier alpha value is -3.41. The van der Waals surface area contributed by atoms with Gasteiger partial charge in [0.1, 0.15) is 11.5 Å². The van der Waals surface area contributed by atoms with Crippen LogP contribution in [0.4, 0.5) is 0 Å². The van der Waals surface area contributed by atoms with Gasteiger partial charge in [-0.2, -0.15) is 0 Å². The molecule has 0 atom stereocenters. The lowest BCUT2D eigenvalue weighted by Crippen LogP contribution is -2.23. The van der Waals surface area contributed by atoms with Gasteiger partial charge in [0.25, 0.3) is 11.6 Å². The highest BCUT2D eigenvalue weighted by Crippen LogP contribution is 2.41. The van der Waals surface area contributed by atoms with Crippen LogP contribution in [0.5, 0.6) is 0 Å². The Balaban J connectivity index is 1.59. The van der Waals surface area contributed by atoms with E-state index in [0.29, 0.717) is 40.6 Å². The molecule has 6 heteroatoms. The number of rotatable bonds is 5. The Labute approximate surface area is 155 Å². The first-order chi connectivity index (χ1) is 13.3. The first-order valence-electron chi connectivity index (χ1n) is 8.96. The van der Waals surface area contributed by atoms with Crippen molar-refractivity contribution < 1.29 is 13.7 Å². The molecule has 0 bridgehead atoms. The highest BCUT2D eigenvalue weighted by molar-refractivity contribution is 6.09. The number of amides is 1. The molecular formula is C21H17N3O3. The van der Waals surface area contributed by atoms with E-state index in [2.05, 4.69) is 15.5 Å². The van der Waals surface area contributed by atoms with Crippen molar-refractivity contribution in [3.8, 4) is 11.3 Å². The van der Waals surface area contributed by atoms with Gasteiger partial charge in [0, 0.05) is 17.2 Å². The fourth-order valence-electron chi connectivity index (χ4n) is 3.21. The summed E-state index contributed by atoms with van der Waals surface area (Å²) in [5, 5.41) is 7.76. The van der Waals surface area contributed by atoms with Gasteiger partial charge < -0.3 is 14.3 Å². The van der Waals surface area contributed by atoms with Crippen molar-refractivity contribution in [1.29, 1.82) is 0 Å². The maximum absolute atomic E-state index is 13.0. The Bertz CT molecular complexity index is 1100. The lowest BCUT2D eigenvalue weighted by molar-refractivity contribution is 0.0949. The third-order valence-electron chi connectivity index (χ3n) is 4.76. The van der Waals surface area contributed by atoms with E-state index < -0.39 is 0 Å². The van der Waals surface area contributed by atoms with E-state index in [4.69, 9.17) is 8.94 Å². The molecule has 27 heavy (non-hydrogen) atoms. The summed E-state index contributed by atoms with van der Waals surface area (Å²) in [6, 6.07) is 15.2. The minimum atomic E-state index is -0.193. The maximum atomic E-state index is 13.0. The molecule has 1 fully saturated rings. The lowest BCUT2D eigenvalue weighted by atomic mass is 10.0. The molecule has 0 aliphatic heterocycles. The van der Waals surface area contributed by atoms with E-state index in [1.807, 2.05) is 42.5 Å². The van der Waals surface area contributed by atoms with E-state index in [-0.39, 0.29) is 5.91 Å². The summed E-state index contributed by atoms with van der Waals surface area (Å²) in [6.07, 6.45) is 3.77. The molecule has 1 amide bonds. The summed E-state index contributed by atoms with van der Waals surface area (Å²) >= 11 is 0. The van der Waals surface area contributed by atoms with Crippen molar-refractivity contribution in [1.82, 2.24) is 15.5 Å². The Morgan fingerprint density at radius 3 is 2.74 bits per heavy atom. The number of hydrogen-bond donors (Lipinski definition) is 1. The molecule has 4 aromatic rings. The molecule has 1 aliphatic rings. The summed E-state index contributed by atoms with van der Waals surface area (Å²) < 4.78 is 10.8. The minimum absolute atomic E-state index is 0.193. The number of furan rings is 1. The lowest BCUT2D eigenvalue weighted by Gasteiger charge is -2.07. The zero-order valence-electron chi connectivity index (χ0n) is 14.5. The van der Waals surface area contributed by atoms with Gasteiger partial charge in [-0.05, 0) is 31.0 Å². The van der Waals surface area contributed by atoms with Gasteiger partial charge in [-0.15, -0.1) is 0 Å². The highest BCUT2D eigenvalue weighted by Gasteiger charge is 2.29. The molecule has 134 valence electrons. The SMILES string of the molecule is O=C(NCc1ccco1)c1cc(C2CC2)nc2onc(-c3ccccc3)c12. The largest absolute Gasteiger partial charge is 0.467 e. The zero-order valence-corrected chi connectivity index (χ0v) is 14.5. The predicted molar refractivity (Wildman–Crippen MR) is 99.1 cm³/mol. The Kier molecular flexibility index (Phi) is 3.74. The van der Waals surface area contributed by atoms with Gasteiger partial charge in [-0.3, -0.25) is 4.79 Å². The zero-order chi connectivity index (χ0) is 18.2. The smallest absolute Gasteiger partial charge is 0.259 e. The molecule has 5 rings (SSSR count). The average molecular weight is 359 g/mol. The standard InChI is InChI=1S/C21H17N3O3/c25-20(22-12-15-7-4-10-26-15)16-11-17(13-8-9-13)23-21-18(16)19(24-27-21)14-5-2-1-3-6-14/h1-7,10-11,13H,8-9,12H2,(H,22,25). The molecule has 0 unspecified atom stereocenters. The van der Waals surface area contributed by atoms with Crippen molar-refractivity contribution in [3.05, 3.63) is 71.8 Å². The third kappa shape index (κ3) is 2.99. The van der Waals surface area contributed by atoms with E-state index >= 15 is 0 Å². The number of pyridine rings is 1. The molecule has 6 nitrogen and oxygen atoms in total. The topological polar surface area (TPSA) is 81.2 Å². The van der Waals surface area contributed by atoms with Crippen LogP contribution in [0.1, 0.15) is 40.6 Å². The number of fused-ring (bicyclic) bond motifs is 1. The predicted octanol–water partition coefficient (Wildman–Crippen LogP) is 4.29. The van der Waals surface area contributed by atoms with Crippen molar-refractivity contribution >= 4 is 17.0 Å². The summed E-state index contributed by atoms with van der Waals surface area (Å²) in [7, 11) is 0. The molecule has 0 radical (unpaired) electrons. The second-order valence-corrected chi connectivity index (χ2v) is 6.71. The minimum Gasteiger partial charge on any atom is -0.467 e. The van der Waals surface area contributed by atoms with Gasteiger partial charge in [0.05, 0.1) is 23.8 Å². The van der Waals surface area contributed by atoms with Crippen molar-refractivity contribution in [2.24, 2.45) is 0 Å². The number of nitrogens with one attached hydrogen (secondary N) is 1. The van der Waals surface area contributed by atoms with Gasteiger partial charge in [-0.25, -0.2) is 4.98 Å². The van der Waals surface area contributed by atoms with Crippen LogP contribution in [0.3, 0.4) is 0 Å². The molecule has 1 saturated carbocycles. The van der Waals surface area contributed by atoms with E-state index in [0.717, 1.165) is 24.1 Å². The Morgan fingerprint density at radius 1 is 1.15 bits per heavy atom. The molecule has 0 saturated heterocycles. The summed E-state index contributed by atoms with van der Waals surface area (Å²) in [5.74, 6) is 0.905. The molecule has 1 N–H and O–H groups in total. The molecular weight excluding hydrogens is 342 g/mol. The fourth-order valence-corrected chi connectivity index (χ4v) is 3.21. The number of nitrogens with zero attached hydrogens (tertiary/aromatic N) is 2. The molecule has 3 aromatic heterocycles. The number of aromatic nitrogens is 2. The van der Waals surface area contributed by atoms with Crippen LogP contribution in [0.15, 0.2) is 63.7 Å². The van der Waals surface area contributed by atoms with Gasteiger partial charge in [0.2, 0.25) is 0 Å². The summed E-state index contributed by atoms with van der Waals surface area (Å²) in [5.41, 5.74) is 3.34. The van der Waals surface area contributed by atoms with Crippen LogP contribution in [-0.4, -0.2) is 16.0 Å². The Morgan fingerprint density at radius 2 is 2.00 bits per heavy atom. The maximum Gasteiger partial charge on any atom is 0.259 e. The highest BCUT2D eigenvalue weighted by atomic mass is 16.5. The van der Waals surface area contributed by atoms with Crippen molar-refractivity contribution in [2.75, 3.05) is 0 Å². The van der Waals surface area contributed by atoms with E-state index in [9.17, 15) is 4.79 Å². The summed E-state index contributed by atoms with van der Waals surface area (Å²) in [4.78, 5) is 17.6.